The highest BCUT2D eigenvalue weighted by molar-refractivity contribution is 7.15. The molecule has 0 saturated heterocycles. The molecule has 0 spiro atoms. The van der Waals surface area contributed by atoms with Crippen LogP contribution in [-0.4, -0.2) is 48.0 Å². The van der Waals surface area contributed by atoms with E-state index in [1.165, 1.54) is 23.5 Å². The number of carbonyl (C=O) groups is 2. The minimum absolute atomic E-state index is 0.195. The molecule has 3 aromatic carbocycles. The molecule has 1 aromatic heterocycles. The monoisotopic (exact) mass is 531 g/mol. The normalized spacial score (nSPS) is 12.2. The van der Waals surface area contributed by atoms with Gasteiger partial charge in [0, 0.05) is 19.6 Å². The first-order valence-electron chi connectivity index (χ1n) is 12.2. The number of nitrogens with one attached hydrogen (secondary N) is 1. The Morgan fingerprint density at radius 2 is 1.76 bits per heavy atom. The molecule has 0 aliphatic carbocycles. The number of para-hydroxylation sites is 1. The second kappa shape index (κ2) is 11.4. The fraction of sp³-hybridized carbons (Fsp3) is 0.207. The van der Waals surface area contributed by atoms with Crippen molar-refractivity contribution < 1.29 is 23.5 Å². The topological polar surface area (TPSA) is 80.8 Å². The maximum atomic E-state index is 13.8. The van der Waals surface area contributed by atoms with Crippen LogP contribution in [0.4, 0.5) is 4.39 Å². The molecule has 0 fully saturated rings. The molecular formula is C29H26FN3O4S. The van der Waals surface area contributed by atoms with Crippen molar-refractivity contribution in [2.75, 3.05) is 26.3 Å². The van der Waals surface area contributed by atoms with Crippen molar-refractivity contribution in [2.24, 2.45) is 0 Å². The fourth-order valence-electron chi connectivity index (χ4n) is 4.22. The third-order valence-electron chi connectivity index (χ3n) is 6.02. The Morgan fingerprint density at radius 3 is 2.55 bits per heavy atom. The Morgan fingerprint density at radius 1 is 1.00 bits per heavy atom. The lowest BCUT2D eigenvalue weighted by molar-refractivity contribution is 0.0731. The second-order valence-electron chi connectivity index (χ2n) is 8.72. The van der Waals surface area contributed by atoms with E-state index in [9.17, 15) is 14.0 Å². The predicted octanol–water partition coefficient (Wildman–Crippen LogP) is 5.10. The van der Waals surface area contributed by atoms with Gasteiger partial charge in [-0.3, -0.25) is 9.59 Å². The third-order valence-corrected chi connectivity index (χ3v) is 7.04. The molecule has 5 rings (SSSR count). The molecule has 1 N–H and O–H groups in total. The Bertz CT molecular complexity index is 1440. The van der Waals surface area contributed by atoms with Gasteiger partial charge in [0.15, 0.2) is 11.5 Å². The van der Waals surface area contributed by atoms with Crippen LogP contribution in [0.1, 0.15) is 31.4 Å². The van der Waals surface area contributed by atoms with Crippen molar-refractivity contribution >= 4 is 23.2 Å². The van der Waals surface area contributed by atoms with Gasteiger partial charge in [-0.1, -0.05) is 48.5 Å². The quantitative estimate of drug-likeness (QED) is 0.342. The van der Waals surface area contributed by atoms with Gasteiger partial charge < -0.3 is 19.7 Å². The number of aryl methyl sites for hydroxylation is 1. The molecule has 194 valence electrons. The minimum Gasteiger partial charge on any atom is -0.486 e. The molecule has 7 nitrogen and oxygen atoms in total. The van der Waals surface area contributed by atoms with Crippen molar-refractivity contribution in [3.8, 4) is 21.9 Å². The number of fused-ring (bicyclic) bond motifs is 1. The van der Waals surface area contributed by atoms with Crippen LogP contribution in [0.5, 0.6) is 11.5 Å². The first kappa shape index (κ1) is 25.4. The van der Waals surface area contributed by atoms with Gasteiger partial charge in [-0.05, 0) is 42.3 Å². The molecule has 9 heteroatoms. The predicted molar refractivity (Wildman–Crippen MR) is 143 cm³/mol. The third kappa shape index (κ3) is 5.68. The SMILES string of the molecule is Cc1nc(C(=O)N(CCNC(=O)c2cccc3c2OCCO3)Cc2ccc(F)cc2)c(-c2ccccc2)s1. The smallest absolute Gasteiger partial charge is 0.274 e. The van der Waals surface area contributed by atoms with Crippen molar-refractivity contribution in [1.82, 2.24) is 15.2 Å². The lowest BCUT2D eigenvalue weighted by Gasteiger charge is -2.23. The molecule has 1 aliphatic heterocycles. The van der Waals surface area contributed by atoms with Crippen LogP contribution in [0, 0.1) is 12.7 Å². The summed E-state index contributed by atoms with van der Waals surface area (Å²) in [6, 6.07) is 20.8. The maximum Gasteiger partial charge on any atom is 0.274 e. The first-order valence-corrected chi connectivity index (χ1v) is 13.0. The Hall–Kier alpha value is -4.24. The minimum atomic E-state index is -0.349. The zero-order valence-corrected chi connectivity index (χ0v) is 21.6. The van der Waals surface area contributed by atoms with Gasteiger partial charge in [0.25, 0.3) is 11.8 Å². The van der Waals surface area contributed by atoms with E-state index < -0.39 is 0 Å². The molecule has 0 unspecified atom stereocenters. The van der Waals surface area contributed by atoms with E-state index in [2.05, 4.69) is 10.3 Å². The zero-order chi connectivity index (χ0) is 26.5. The van der Waals surface area contributed by atoms with Crippen LogP contribution in [0.15, 0.2) is 72.8 Å². The summed E-state index contributed by atoms with van der Waals surface area (Å²) in [5, 5.41) is 3.66. The molecule has 0 radical (unpaired) electrons. The number of aromatic nitrogens is 1. The number of hydrogen-bond donors (Lipinski definition) is 1. The van der Waals surface area contributed by atoms with Gasteiger partial charge in [-0.15, -0.1) is 11.3 Å². The average Bonchev–Trinajstić information content (AvgIpc) is 3.35. The van der Waals surface area contributed by atoms with Gasteiger partial charge in [-0.2, -0.15) is 0 Å². The lowest BCUT2D eigenvalue weighted by Crippen LogP contribution is -2.38. The van der Waals surface area contributed by atoms with E-state index in [-0.39, 0.29) is 37.3 Å². The fourth-order valence-corrected chi connectivity index (χ4v) is 5.14. The van der Waals surface area contributed by atoms with Crippen molar-refractivity contribution in [3.05, 3.63) is 100 Å². The first-order chi connectivity index (χ1) is 18.5. The summed E-state index contributed by atoms with van der Waals surface area (Å²) in [5.74, 6) is 0.0136. The number of amides is 2. The highest BCUT2D eigenvalue weighted by atomic mass is 32.1. The number of thiazole rings is 1. The number of nitrogens with zero attached hydrogens (tertiary/aromatic N) is 2. The molecule has 1 aliphatic rings. The molecule has 4 aromatic rings. The van der Waals surface area contributed by atoms with Gasteiger partial charge in [-0.25, -0.2) is 9.37 Å². The average molecular weight is 532 g/mol. The number of carbonyl (C=O) groups excluding carboxylic acids is 2. The van der Waals surface area contributed by atoms with Gasteiger partial charge in [0.2, 0.25) is 0 Å². The van der Waals surface area contributed by atoms with Crippen molar-refractivity contribution in [1.29, 1.82) is 0 Å². The zero-order valence-electron chi connectivity index (χ0n) is 20.8. The number of ether oxygens (including phenoxy) is 2. The van der Waals surface area contributed by atoms with Crippen LogP contribution in [-0.2, 0) is 6.54 Å². The van der Waals surface area contributed by atoms with Crippen LogP contribution >= 0.6 is 11.3 Å². The van der Waals surface area contributed by atoms with Gasteiger partial charge in [0.1, 0.15) is 24.7 Å². The van der Waals surface area contributed by atoms with Gasteiger partial charge in [0.05, 0.1) is 15.4 Å². The van der Waals surface area contributed by atoms with E-state index in [4.69, 9.17) is 9.47 Å². The Kier molecular flexibility index (Phi) is 7.65. The van der Waals surface area contributed by atoms with E-state index in [0.29, 0.717) is 36.0 Å². The molecule has 0 atom stereocenters. The molecular weight excluding hydrogens is 505 g/mol. The van der Waals surface area contributed by atoms with Crippen LogP contribution in [0.2, 0.25) is 0 Å². The number of benzene rings is 3. The Balaban J connectivity index is 1.36. The molecule has 0 bridgehead atoms. The van der Waals surface area contributed by atoms with Gasteiger partial charge >= 0.3 is 0 Å². The van der Waals surface area contributed by atoms with E-state index in [0.717, 1.165) is 21.0 Å². The maximum absolute atomic E-state index is 13.8. The summed E-state index contributed by atoms with van der Waals surface area (Å²) in [6.07, 6.45) is 0. The standard InChI is InChI=1S/C29H26FN3O4S/c1-19-32-25(27(38-19)21-6-3-2-4-7-21)29(35)33(18-20-10-12-22(30)13-11-20)15-14-31-28(34)23-8-5-9-24-26(23)37-17-16-36-24/h2-13H,14-18H2,1H3,(H,31,34). The van der Waals surface area contributed by atoms with E-state index in [1.54, 1.807) is 35.2 Å². The molecule has 0 saturated carbocycles. The molecule has 38 heavy (non-hydrogen) atoms. The van der Waals surface area contributed by atoms with Crippen molar-refractivity contribution in [2.45, 2.75) is 13.5 Å². The largest absolute Gasteiger partial charge is 0.486 e. The summed E-state index contributed by atoms with van der Waals surface area (Å²) in [7, 11) is 0. The number of rotatable bonds is 8. The van der Waals surface area contributed by atoms with E-state index >= 15 is 0 Å². The van der Waals surface area contributed by atoms with Crippen molar-refractivity contribution in [3.63, 3.8) is 0 Å². The van der Waals surface area contributed by atoms with Crippen LogP contribution in [0.25, 0.3) is 10.4 Å². The highest BCUT2D eigenvalue weighted by Crippen LogP contribution is 2.34. The summed E-state index contributed by atoms with van der Waals surface area (Å²) >= 11 is 1.46. The highest BCUT2D eigenvalue weighted by Gasteiger charge is 2.25. The summed E-state index contributed by atoms with van der Waals surface area (Å²) in [4.78, 5) is 33.7. The number of hydrogen-bond acceptors (Lipinski definition) is 6. The number of halogens is 1. The lowest BCUT2D eigenvalue weighted by atomic mass is 10.1. The van der Waals surface area contributed by atoms with Crippen LogP contribution < -0.4 is 14.8 Å². The second-order valence-corrected chi connectivity index (χ2v) is 9.92. The molecule has 2 amide bonds. The summed E-state index contributed by atoms with van der Waals surface area (Å²) in [6.45, 7) is 3.31. The summed E-state index contributed by atoms with van der Waals surface area (Å²) < 4.78 is 24.7. The Labute approximate surface area is 223 Å². The van der Waals surface area contributed by atoms with Crippen LogP contribution in [0.3, 0.4) is 0 Å². The summed E-state index contributed by atoms with van der Waals surface area (Å²) in [5.41, 5.74) is 2.41. The molecule has 2 heterocycles. The van der Waals surface area contributed by atoms with E-state index in [1.807, 2.05) is 37.3 Å².